The molecule has 0 aliphatic rings. The lowest BCUT2D eigenvalue weighted by molar-refractivity contribution is 0.354. The van der Waals surface area contributed by atoms with Crippen LogP contribution in [0.1, 0.15) is 26.9 Å². The van der Waals surface area contributed by atoms with Gasteiger partial charge in [0.05, 0.1) is 20.3 Å². The number of ether oxygens (including phenoxy) is 2. The van der Waals surface area contributed by atoms with Crippen molar-refractivity contribution >= 4 is 11.3 Å². The molecule has 2 rings (SSSR count). The fraction of sp³-hybridized carbons (Fsp3) is 0.333. The summed E-state index contributed by atoms with van der Waals surface area (Å²) < 4.78 is 10.6. The van der Waals surface area contributed by atoms with E-state index in [2.05, 4.69) is 19.9 Å². The van der Waals surface area contributed by atoms with E-state index < -0.39 is 0 Å². The Labute approximate surface area is 118 Å². The Bertz CT molecular complexity index is 578. The molecule has 19 heavy (non-hydrogen) atoms. The molecule has 0 saturated carbocycles. The maximum atomic E-state index is 6.36. The molecule has 0 amide bonds. The molecule has 3 nitrogen and oxygen atoms in total. The minimum atomic E-state index is -0.134. The highest BCUT2D eigenvalue weighted by molar-refractivity contribution is 7.12. The lowest BCUT2D eigenvalue weighted by Crippen LogP contribution is -2.12. The van der Waals surface area contributed by atoms with Gasteiger partial charge in [-0.25, -0.2) is 0 Å². The van der Waals surface area contributed by atoms with E-state index in [-0.39, 0.29) is 6.04 Å². The SMILES string of the molecule is COc1ccc(C(N)c2cc(C)sc2C)cc1OC. The van der Waals surface area contributed by atoms with Crippen molar-refractivity contribution < 1.29 is 9.47 Å². The van der Waals surface area contributed by atoms with E-state index in [0.717, 1.165) is 11.3 Å². The van der Waals surface area contributed by atoms with E-state index in [0.29, 0.717) is 5.75 Å². The molecule has 1 aromatic carbocycles. The van der Waals surface area contributed by atoms with E-state index in [9.17, 15) is 0 Å². The third kappa shape index (κ3) is 2.74. The van der Waals surface area contributed by atoms with Crippen LogP contribution in [0.4, 0.5) is 0 Å². The van der Waals surface area contributed by atoms with Crippen molar-refractivity contribution in [1.82, 2.24) is 0 Å². The summed E-state index contributed by atoms with van der Waals surface area (Å²) in [5.41, 5.74) is 8.56. The summed E-state index contributed by atoms with van der Waals surface area (Å²) in [4.78, 5) is 2.54. The van der Waals surface area contributed by atoms with E-state index >= 15 is 0 Å². The molecule has 4 heteroatoms. The number of benzene rings is 1. The number of methoxy groups -OCH3 is 2. The van der Waals surface area contributed by atoms with Crippen molar-refractivity contribution in [3.63, 3.8) is 0 Å². The van der Waals surface area contributed by atoms with Crippen LogP contribution < -0.4 is 15.2 Å². The minimum absolute atomic E-state index is 0.134. The molecule has 1 unspecified atom stereocenters. The van der Waals surface area contributed by atoms with E-state index in [4.69, 9.17) is 15.2 Å². The predicted octanol–water partition coefficient (Wildman–Crippen LogP) is 3.43. The Morgan fingerprint density at radius 2 is 1.74 bits per heavy atom. The second-order valence-corrected chi connectivity index (χ2v) is 5.92. The van der Waals surface area contributed by atoms with Crippen LogP contribution in [0.5, 0.6) is 11.5 Å². The van der Waals surface area contributed by atoms with Gasteiger partial charge >= 0.3 is 0 Å². The average Bonchev–Trinajstić information content (AvgIpc) is 2.76. The van der Waals surface area contributed by atoms with Crippen molar-refractivity contribution in [1.29, 1.82) is 0 Å². The average molecular weight is 277 g/mol. The first kappa shape index (κ1) is 13.9. The molecule has 1 aromatic heterocycles. The molecule has 0 spiro atoms. The molecule has 102 valence electrons. The van der Waals surface area contributed by atoms with Gasteiger partial charge in [0.15, 0.2) is 11.5 Å². The summed E-state index contributed by atoms with van der Waals surface area (Å²) in [5.74, 6) is 1.43. The van der Waals surface area contributed by atoms with E-state index in [1.54, 1.807) is 25.6 Å². The van der Waals surface area contributed by atoms with Crippen LogP contribution in [0.2, 0.25) is 0 Å². The van der Waals surface area contributed by atoms with E-state index in [1.807, 2.05) is 18.2 Å². The van der Waals surface area contributed by atoms with Gasteiger partial charge in [-0.3, -0.25) is 0 Å². The molecule has 2 aromatic rings. The molecular weight excluding hydrogens is 258 g/mol. The van der Waals surface area contributed by atoms with Gasteiger partial charge in [-0.15, -0.1) is 11.3 Å². The quantitative estimate of drug-likeness (QED) is 0.931. The van der Waals surface area contributed by atoms with Crippen LogP contribution in [0, 0.1) is 13.8 Å². The number of hydrogen-bond acceptors (Lipinski definition) is 4. The third-order valence-corrected chi connectivity index (χ3v) is 4.16. The summed E-state index contributed by atoms with van der Waals surface area (Å²) in [6.45, 7) is 4.20. The second-order valence-electron chi connectivity index (χ2n) is 4.46. The zero-order valence-electron chi connectivity index (χ0n) is 11.7. The zero-order chi connectivity index (χ0) is 14.0. The highest BCUT2D eigenvalue weighted by Crippen LogP contribution is 2.34. The van der Waals surface area contributed by atoms with Crippen molar-refractivity contribution in [2.75, 3.05) is 14.2 Å². The molecule has 1 atom stereocenters. The molecular formula is C15H19NO2S. The van der Waals surface area contributed by atoms with Crippen LogP contribution in [-0.2, 0) is 0 Å². The number of hydrogen-bond donors (Lipinski definition) is 1. The van der Waals surface area contributed by atoms with Crippen LogP contribution in [0.3, 0.4) is 0 Å². The lowest BCUT2D eigenvalue weighted by Gasteiger charge is -2.15. The largest absolute Gasteiger partial charge is 0.493 e. The van der Waals surface area contributed by atoms with Gasteiger partial charge in [-0.2, -0.15) is 0 Å². The highest BCUT2D eigenvalue weighted by atomic mass is 32.1. The van der Waals surface area contributed by atoms with Gasteiger partial charge in [0.1, 0.15) is 0 Å². The molecule has 2 N–H and O–H groups in total. The Hall–Kier alpha value is -1.52. The standard InChI is InChI=1S/C15H19NO2S/c1-9-7-12(10(2)19-9)15(16)11-5-6-13(17-3)14(8-11)18-4/h5-8,15H,16H2,1-4H3. The van der Waals surface area contributed by atoms with Gasteiger partial charge in [-0.1, -0.05) is 6.07 Å². The number of thiophene rings is 1. The normalized spacial score (nSPS) is 12.3. The topological polar surface area (TPSA) is 44.5 Å². The maximum absolute atomic E-state index is 6.36. The second kappa shape index (κ2) is 5.63. The zero-order valence-corrected chi connectivity index (χ0v) is 12.5. The first-order valence-corrected chi connectivity index (χ1v) is 6.93. The fourth-order valence-electron chi connectivity index (χ4n) is 2.19. The van der Waals surface area contributed by atoms with Gasteiger partial charge in [0.25, 0.3) is 0 Å². The molecule has 0 aliphatic carbocycles. The predicted molar refractivity (Wildman–Crippen MR) is 79.4 cm³/mol. The lowest BCUT2D eigenvalue weighted by atomic mass is 9.99. The first-order valence-electron chi connectivity index (χ1n) is 6.11. The number of aryl methyl sites for hydroxylation is 2. The summed E-state index contributed by atoms with van der Waals surface area (Å²) in [7, 11) is 3.26. The number of nitrogens with two attached hydrogens (primary N) is 1. The highest BCUT2D eigenvalue weighted by Gasteiger charge is 2.16. The molecule has 0 bridgehead atoms. The Balaban J connectivity index is 2.39. The van der Waals surface area contributed by atoms with Gasteiger partial charge in [-0.05, 0) is 43.2 Å². The Morgan fingerprint density at radius 3 is 2.26 bits per heavy atom. The van der Waals surface area contributed by atoms with Crippen molar-refractivity contribution in [2.45, 2.75) is 19.9 Å². The molecule has 1 heterocycles. The minimum Gasteiger partial charge on any atom is -0.493 e. The van der Waals surface area contributed by atoms with Crippen LogP contribution in [0.25, 0.3) is 0 Å². The molecule has 0 radical (unpaired) electrons. The molecule has 0 fully saturated rings. The van der Waals surface area contributed by atoms with Gasteiger partial charge in [0.2, 0.25) is 0 Å². The van der Waals surface area contributed by atoms with Gasteiger partial charge in [0, 0.05) is 9.75 Å². The summed E-state index contributed by atoms with van der Waals surface area (Å²) in [6.07, 6.45) is 0. The van der Waals surface area contributed by atoms with Crippen molar-refractivity contribution in [2.24, 2.45) is 5.73 Å². The third-order valence-electron chi connectivity index (χ3n) is 3.18. The molecule has 0 aliphatic heterocycles. The fourth-order valence-corrected chi connectivity index (χ4v) is 3.16. The van der Waals surface area contributed by atoms with Crippen LogP contribution in [0.15, 0.2) is 24.3 Å². The first-order chi connectivity index (χ1) is 9.06. The Morgan fingerprint density at radius 1 is 1.05 bits per heavy atom. The smallest absolute Gasteiger partial charge is 0.161 e. The summed E-state index contributed by atoms with van der Waals surface area (Å²) >= 11 is 1.77. The van der Waals surface area contributed by atoms with Crippen molar-refractivity contribution in [3.05, 3.63) is 45.1 Å². The maximum Gasteiger partial charge on any atom is 0.161 e. The summed E-state index contributed by atoms with van der Waals surface area (Å²) in [6, 6.07) is 7.84. The monoisotopic (exact) mass is 277 g/mol. The Kier molecular flexibility index (Phi) is 4.12. The van der Waals surface area contributed by atoms with Gasteiger partial charge < -0.3 is 15.2 Å². The van der Waals surface area contributed by atoms with Crippen molar-refractivity contribution in [3.8, 4) is 11.5 Å². The number of rotatable bonds is 4. The molecule has 0 saturated heterocycles. The van der Waals surface area contributed by atoms with Crippen LogP contribution >= 0.6 is 11.3 Å². The summed E-state index contributed by atoms with van der Waals surface area (Å²) in [5, 5.41) is 0. The van der Waals surface area contributed by atoms with E-state index in [1.165, 1.54) is 15.3 Å². The van der Waals surface area contributed by atoms with Crippen LogP contribution in [-0.4, -0.2) is 14.2 Å².